The molecule has 1 aliphatic rings. The molecule has 1 aliphatic carbocycles. The molecule has 0 N–H and O–H groups in total. The zero-order chi connectivity index (χ0) is 13.9. The molecule has 1 heterocycles. The van der Waals surface area contributed by atoms with E-state index in [1.165, 1.54) is 6.33 Å². The summed E-state index contributed by atoms with van der Waals surface area (Å²) in [6.45, 7) is 0. The van der Waals surface area contributed by atoms with E-state index < -0.39 is 0 Å². The second-order valence-corrected chi connectivity index (χ2v) is 5.38. The van der Waals surface area contributed by atoms with Gasteiger partial charge in [0.15, 0.2) is 5.78 Å². The molecule has 5 heteroatoms. The molecule has 0 aliphatic heterocycles. The maximum absolute atomic E-state index is 12.6. The van der Waals surface area contributed by atoms with Gasteiger partial charge in [0.1, 0.15) is 6.33 Å². The molecule has 1 aromatic heterocycles. The third-order valence-electron chi connectivity index (χ3n) is 3.47. The molecule has 2 aromatic carbocycles. The average Bonchev–Trinajstić information content (AvgIpc) is 2.46. The molecule has 0 bridgehead atoms. The highest BCUT2D eigenvalue weighted by Gasteiger charge is 2.27. The summed E-state index contributed by atoms with van der Waals surface area (Å²) in [7, 11) is 0. The standard InChI is InChI=1S/C15H6Cl2N2O/c16-10-4-8-9(5-11(10)17)15(20)7-2-1-3-12-13(7)14(8)19-6-18-12/h1-6H. The summed E-state index contributed by atoms with van der Waals surface area (Å²) in [6.07, 6.45) is 1.49. The van der Waals surface area contributed by atoms with Gasteiger partial charge in [0.05, 0.1) is 21.3 Å². The summed E-state index contributed by atoms with van der Waals surface area (Å²) in [6, 6.07) is 8.75. The van der Waals surface area contributed by atoms with Crippen molar-refractivity contribution >= 4 is 39.9 Å². The molecule has 0 saturated carbocycles. The van der Waals surface area contributed by atoms with E-state index in [1.54, 1.807) is 18.2 Å². The highest BCUT2D eigenvalue weighted by molar-refractivity contribution is 6.43. The summed E-state index contributed by atoms with van der Waals surface area (Å²) in [5.74, 6) is -0.0773. The lowest BCUT2D eigenvalue weighted by Crippen LogP contribution is -2.11. The second-order valence-electron chi connectivity index (χ2n) is 4.56. The molecule has 0 unspecified atom stereocenters. The third-order valence-corrected chi connectivity index (χ3v) is 4.19. The lowest BCUT2D eigenvalue weighted by Gasteiger charge is -2.18. The first kappa shape index (κ1) is 11.8. The molecule has 3 nitrogen and oxygen atoms in total. The SMILES string of the molecule is O=C1c2cc(Cl)c(Cl)cc2-c2ncnc3cccc1c23. The first-order valence-corrected chi connectivity index (χ1v) is 6.70. The summed E-state index contributed by atoms with van der Waals surface area (Å²) in [5.41, 5.74) is 3.30. The summed E-state index contributed by atoms with van der Waals surface area (Å²) in [5, 5.41) is 1.54. The smallest absolute Gasteiger partial charge is 0.194 e. The number of carbonyl (C=O) groups excluding carboxylic acids is 1. The number of rotatable bonds is 0. The summed E-state index contributed by atoms with van der Waals surface area (Å²) < 4.78 is 0. The van der Waals surface area contributed by atoms with Gasteiger partial charge in [0.2, 0.25) is 0 Å². The summed E-state index contributed by atoms with van der Waals surface area (Å²) >= 11 is 12.1. The zero-order valence-corrected chi connectivity index (χ0v) is 11.5. The van der Waals surface area contributed by atoms with Crippen LogP contribution in [0.5, 0.6) is 0 Å². The fourth-order valence-corrected chi connectivity index (χ4v) is 2.91. The van der Waals surface area contributed by atoms with E-state index in [0.717, 1.165) is 16.6 Å². The van der Waals surface area contributed by atoms with Crippen molar-refractivity contribution in [2.45, 2.75) is 0 Å². The third kappa shape index (κ3) is 1.45. The highest BCUT2D eigenvalue weighted by atomic mass is 35.5. The number of carbonyl (C=O) groups is 1. The van der Waals surface area contributed by atoms with Crippen LogP contribution in [0.15, 0.2) is 36.7 Å². The Hall–Kier alpha value is -1.97. The van der Waals surface area contributed by atoms with Gasteiger partial charge in [-0.1, -0.05) is 35.3 Å². The van der Waals surface area contributed by atoms with Crippen molar-refractivity contribution in [3.05, 3.63) is 57.8 Å². The van der Waals surface area contributed by atoms with E-state index in [1.807, 2.05) is 12.1 Å². The predicted octanol–water partition coefficient (Wildman–Crippen LogP) is 4.15. The highest BCUT2D eigenvalue weighted by Crippen LogP contribution is 2.40. The number of benzene rings is 2. The molecule has 20 heavy (non-hydrogen) atoms. The molecule has 0 saturated heterocycles. The molecular formula is C15H6Cl2N2O. The lowest BCUT2D eigenvalue weighted by atomic mass is 9.87. The lowest BCUT2D eigenvalue weighted by molar-refractivity contribution is 0.104. The van der Waals surface area contributed by atoms with E-state index in [-0.39, 0.29) is 5.78 Å². The van der Waals surface area contributed by atoms with Gasteiger partial charge in [-0.3, -0.25) is 4.79 Å². The quantitative estimate of drug-likeness (QED) is 0.490. The van der Waals surface area contributed by atoms with E-state index in [9.17, 15) is 4.79 Å². The van der Waals surface area contributed by atoms with Crippen molar-refractivity contribution in [3.63, 3.8) is 0 Å². The minimum atomic E-state index is -0.0773. The number of ketones is 1. The van der Waals surface area contributed by atoms with Crippen LogP contribution < -0.4 is 0 Å². The number of nitrogens with zero attached hydrogens (tertiary/aromatic N) is 2. The topological polar surface area (TPSA) is 42.9 Å². The molecule has 0 fully saturated rings. The van der Waals surface area contributed by atoms with E-state index in [2.05, 4.69) is 9.97 Å². The van der Waals surface area contributed by atoms with Crippen LogP contribution in [-0.2, 0) is 0 Å². The number of hydrogen-bond donors (Lipinski definition) is 0. The van der Waals surface area contributed by atoms with Gasteiger partial charge in [-0.15, -0.1) is 0 Å². The van der Waals surface area contributed by atoms with Gasteiger partial charge in [-0.05, 0) is 18.2 Å². The minimum Gasteiger partial charge on any atom is -0.289 e. The van der Waals surface area contributed by atoms with E-state index >= 15 is 0 Å². The molecule has 3 aromatic rings. The zero-order valence-electron chi connectivity index (χ0n) is 10.0. The van der Waals surface area contributed by atoms with Crippen LogP contribution in [0.1, 0.15) is 15.9 Å². The Morgan fingerprint density at radius 2 is 1.65 bits per heavy atom. The first-order valence-electron chi connectivity index (χ1n) is 5.94. The minimum absolute atomic E-state index is 0.0773. The van der Waals surface area contributed by atoms with Gasteiger partial charge in [0, 0.05) is 22.1 Å². The van der Waals surface area contributed by atoms with Crippen LogP contribution in [0.2, 0.25) is 10.0 Å². The Labute approximate surface area is 124 Å². The van der Waals surface area contributed by atoms with Crippen molar-refractivity contribution in [1.29, 1.82) is 0 Å². The van der Waals surface area contributed by atoms with Crippen LogP contribution in [0.4, 0.5) is 0 Å². The second kappa shape index (κ2) is 4.01. The Morgan fingerprint density at radius 1 is 0.900 bits per heavy atom. The predicted molar refractivity (Wildman–Crippen MR) is 78.4 cm³/mol. The van der Waals surface area contributed by atoms with Crippen LogP contribution in [-0.4, -0.2) is 15.8 Å². The van der Waals surface area contributed by atoms with Crippen molar-refractivity contribution in [2.75, 3.05) is 0 Å². The molecule has 0 radical (unpaired) electrons. The van der Waals surface area contributed by atoms with Gasteiger partial charge >= 0.3 is 0 Å². The van der Waals surface area contributed by atoms with Crippen molar-refractivity contribution in [3.8, 4) is 11.3 Å². The Kier molecular flexibility index (Phi) is 2.37. The van der Waals surface area contributed by atoms with E-state index in [0.29, 0.717) is 26.7 Å². The number of fused-ring (bicyclic) bond motifs is 2. The summed E-state index contributed by atoms with van der Waals surface area (Å²) in [4.78, 5) is 21.1. The van der Waals surface area contributed by atoms with Gasteiger partial charge < -0.3 is 0 Å². The maximum Gasteiger partial charge on any atom is 0.194 e. The largest absolute Gasteiger partial charge is 0.289 e. The fourth-order valence-electron chi connectivity index (χ4n) is 2.58. The van der Waals surface area contributed by atoms with E-state index in [4.69, 9.17) is 23.2 Å². The van der Waals surface area contributed by atoms with Crippen molar-refractivity contribution in [2.24, 2.45) is 0 Å². The van der Waals surface area contributed by atoms with Gasteiger partial charge in [-0.25, -0.2) is 9.97 Å². The molecule has 0 amide bonds. The fraction of sp³-hybridized carbons (Fsp3) is 0. The number of aromatic nitrogens is 2. The van der Waals surface area contributed by atoms with Crippen molar-refractivity contribution < 1.29 is 4.79 Å². The molecule has 0 spiro atoms. The van der Waals surface area contributed by atoms with Crippen LogP contribution in [0.25, 0.3) is 22.2 Å². The molecule has 96 valence electrons. The van der Waals surface area contributed by atoms with Crippen LogP contribution in [0, 0.1) is 0 Å². The van der Waals surface area contributed by atoms with Crippen molar-refractivity contribution in [1.82, 2.24) is 9.97 Å². The molecule has 0 atom stereocenters. The Bertz CT molecular complexity index is 901. The Balaban J connectivity index is 2.23. The number of halogens is 2. The maximum atomic E-state index is 12.6. The molecule has 4 rings (SSSR count). The monoisotopic (exact) mass is 300 g/mol. The number of hydrogen-bond acceptors (Lipinski definition) is 3. The van der Waals surface area contributed by atoms with Gasteiger partial charge in [0.25, 0.3) is 0 Å². The van der Waals surface area contributed by atoms with Crippen LogP contribution in [0.3, 0.4) is 0 Å². The molecular weight excluding hydrogens is 295 g/mol. The Morgan fingerprint density at radius 3 is 2.45 bits per heavy atom. The first-order chi connectivity index (χ1) is 9.66. The normalized spacial score (nSPS) is 12.6. The average molecular weight is 301 g/mol. The van der Waals surface area contributed by atoms with Gasteiger partial charge in [-0.2, -0.15) is 0 Å². The van der Waals surface area contributed by atoms with Crippen LogP contribution >= 0.6 is 23.2 Å².